The molecular weight excluding hydrogens is 354 g/mol. The second-order valence-corrected chi connectivity index (χ2v) is 4.17. The van der Waals surface area contributed by atoms with Crippen LogP contribution in [0.3, 0.4) is 0 Å². The monoisotopic (exact) mass is 363 g/mol. The molecule has 0 aliphatic rings. The average Bonchev–Trinajstić information content (AvgIpc) is 2.73. The number of hydrogen-bond acceptors (Lipinski definition) is 3. The molecule has 0 saturated carbocycles. The van der Waals surface area contributed by atoms with E-state index in [0.29, 0.717) is 6.54 Å². The normalized spacial score (nSPS) is 10.1. The molecular formula is C10H11Br2N3S. The zero-order valence-corrected chi connectivity index (χ0v) is 12.5. The van der Waals surface area contributed by atoms with Gasteiger partial charge in [-0.3, -0.25) is 4.40 Å². The van der Waals surface area contributed by atoms with Gasteiger partial charge in [0.1, 0.15) is 0 Å². The summed E-state index contributed by atoms with van der Waals surface area (Å²) in [5, 5.41) is 0. The molecule has 0 fully saturated rings. The summed E-state index contributed by atoms with van der Waals surface area (Å²) < 4.78 is 3.36. The Hall–Kier alpha value is -0.430. The van der Waals surface area contributed by atoms with Crippen molar-refractivity contribution in [1.82, 2.24) is 9.38 Å². The Morgan fingerprint density at radius 1 is 1.25 bits per heavy atom. The first-order valence-electron chi connectivity index (χ1n) is 4.44. The van der Waals surface area contributed by atoms with Gasteiger partial charge in [0.15, 0.2) is 4.96 Å². The first kappa shape index (κ1) is 13.6. The fourth-order valence-electron chi connectivity index (χ4n) is 1.59. The molecule has 0 radical (unpaired) electrons. The molecule has 0 atom stereocenters. The second kappa shape index (κ2) is 5.27. The van der Waals surface area contributed by atoms with Crippen molar-refractivity contribution in [3.63, 3.8) is 0 Å². The van der Waals surface area contributed by atoms with Crippen molar-refractivity contribution in [3.8, 4) is 0 Å². The fourth-order valence-corrected chi connectivity index (χ4v) is 2.62. The maximum Gasteiger partial charge on any atom is 0.194 e. The third-order valence-electron chi connectivity index (χ3n) is 2.26. The average molecular weight is 365 g/mol. The number of nitrogens with two attached hydrogens (primary N) is 1. The molecule has 2 aromatic heterocycles. The van der Waals surface area contributed by atoms with Crippen molar-refractivity contribution in [2.24, 2.45) is 5.73 Å². The number of benzene rings is 1. The number of fused-ring (bicyclic) bond motifs is 3. The molecule has 2 heterocycles. The maximum absolute atomic E-state index is 5.55. The highest BCUT2D eigenvalue weighted by molar-refractivity contribution is 8.93. The molecule has 3 aromatic rings. The minimum atomic E-state index is 0. The molecule has 0 spiro atoms. The minimum Gasteiger partial charge on any atom is -0.325 e. The van der Waals surface area contributed by atoms with Crippen molar-refractivity contribution >= 4 is 60.5 Å². The molecule has 3 nitrogen and oxygen atoms in total. The second-order valence-electron chi connectivity index (χ2n) is 3.16. The number of nitrogens with zero attached hydrogens (tertiary/aromatic N) is 2. The Kier molecular flexibility index (Phi) is 4.49. The Morgan fingerprint density at radius 2 is 2.00 bits per heavy atom. The van der Waals surface area contributed by atoms with Gasteiger partial charge in [-0.05, 0) is 12.1 Å². The van der Waals surface area contributed by atoms with Crippen LogP contribution in [-0.2, 0) is 6.54 Å². The Bertz CT molecular complexity index is 602. The molecule has 0 saturated heterocycles. The van der Waals surface area contributed by atoms with E-state index >= 15 is 0 Å². The molecule has 1 aromatic carbocycles. The number of hydrogen-bond donors (Lipinski definition) is 1. The topological polar surface area (TPSA) is 43.3 Å². The van der Waals surface area contributed by atoms with E-state index < -0.39 is 0 Å². The quantitative estimate of drug-likeness (QED) is 0.720. The summed E-state index contributed by atoms with van der Waals surface area (Å²) in [6.45, 7) is 0.503. The van der Waals surface area contributed by atoms with Crippen LogP contribution in [0.15, 0.2) is 30.5 Å². The lowest BCUT2D eigenvalue weighted by atomic mass is 10.3. The lowest BCUT2D eigenvalue weighted by Gasteiger charge is -1.88. The van der Waals surface area contributed by atoms with Crippen molar-refractivity contribution in [1.29, 1.82) is 0 Å². The maximum atomic E-state index is 5.55. The third kappa shape index (κ3) is 2.02. The molecule has 16 heavy (non-hydrogen) atoms. The number of aromatic nitrogens is 2. The number of para-hydroxylation sites is 1. The molecule has 0 bridgehead atoms. The van der Waals surface area contributed by atoms with Crippen LogP contribution < -0.4 is 5.73 Å². The third-order valence-corrected chi connectivity index (χ3v) is 3.29. The summed E-state index contributed by atoms with van der Waals surface area (Å²) >= 11 is 1.69. The van der Waals surface area contributed by atoms with Crippen molar-refractivity contribution in [3.05, 3.63) is 36.2 Å². The predicted octanol–water partition coefficient (Wildman–Crippen LogP) is 3.16. The lowest BCUT2D eigenvalue weighted by Crippen LogP contribution is -1.95. The van der Waals surface area contributed by atoms with Gasteiger partial charge in [-0.2, -0.15) is 0 Å². The summed E-state index contributed by atoms with van der Waals surface area (Å²) in [5.41, 5.74) is 7.70. The van der Waals surface area contributed by atoms with Crippen molar-refractivity contribution in [2.75, 3.05) is 0 Å². The highest BCUT2D eigenvalue weighted by Crippen LogP contribution is 2.25. The molecule has 0 aliphatic carbocycles. The Balaban J connectivity index is 0.000000640. The van der Waals surface area contributed by atoms with Crippen LogP contribution in [0.25, 0.3) is 15.2 Å². The Morgan fingerprint density at radius 3 is 2.75 bits per heavy atom. The van der Waals surface area contributed by atoms with Crippen LogP contribution in [0.2, 0.25) is 0 Å². The van der Waals surface area contributed by atoms with E-state index in [9.17, 15) is 0 Å². The van der Waals surface area contributed by atoms with E-state index in [1.54, 1.807) is 11.3 Å². The number of halogens is 2. The van der Waals surface area contributed by atoms with Crippen LogP contribution in [0.4, 0.5) is 0 Å². The number of rotatable bonds is 1. The van der Waals surface area contributed by atoms with Gasteiger partial charge in [-0.25, -0.2) is 4.98 Å². The van der Waals surface area contributed by atoms with E-state index in [4.69, 9.17) is 5.73 Å². The molecule has 86 valence electrons. The highest BCUT2D eigenvalue weighted by atomic mass is 79.9. The molecule has 0 unspecified atom stereocenters. The molecule has 3 rings (SSSR count). The standard InChI is InChI=1S/C10H9N3S.2BrH/c11-5-7-6-13-8-3-1-2-4-9(8)14-10(13)12-7;;/h1-4,6H,5,11H2;2*1H. The van der Waals surface area contributed by atoms with Crippen LogP contribution in [0, 0.1) is 0 Å². The van der Waals surface area contributed by atoms with Gasteiger partial charge in [-0.15, -0.1) is 34.0 Å². The SMILES string of the molecule is Br.Br.NCc1cn2c(n1)sc1ccccc12. The highest BCUT2D eigenvalue weighted by Gasteiger charge is 2.06. The van der Waals surface area contributed by atoms with Gasteiger partial charge in [-0.1, -0.05) is 23.5 Å². The number of thiazole rings is 1. The van der Waals surface area contributed by atoms with Crippen LogP contribution in [0.5, 0.6) is 0 Å². The predicted molar refractivity (Wildman–Crippen MR) is 79.1 cm³/mol. The van der Waals surface area contributed by atoms with Crippen LogP contribution >= 0.6 is 45.3 Å². The van der Waals surface area contributed by atoms with Gasteiger partial charge in [0.05, 0.1) is 15.9 Å². The smallest absolute Gasteiger partial charge is 0.194 e. The van der Waals surface area contributed by atoms with E-state index in [1.165, 1.54) is 10.2 Å². The van der Waals surface area contributed by atoms with Crippen molar-refractivity contribution < 1.29 is 0 Å². The summed E-state index contributed by atoms with van der Waals surface area (Å²) in [7, 11) is 0. The van der Waals surface area contributed by atoms with Crippen LogP contribution in [-0.4, -0.2) is 9.38 Å². The van der Waals surface area contributed by atoms with Gasteiger partial charge in [0, 0.05) is 12.7 Å². The van der Waals surface area contributed by atoms with Gasteiger partial charge >= 0.3 is 0 Å². The zero-order chi connectivity index (χ0) is 9.54. The van der Waals surface area contributed by atoms with E-state index in [1.807, 2.05) is 18.3 Å². The molecule has 2 N–H and O–H groups in total. The van der Waals surface area contributed by atoms with Gasteiger partial charge in [0.2, 0.25) is 0 Å². The van der Waals surface area contributed by atoms with Crippen molar-refractivity contribution in [2.45, 2.75) is 6.54 Å². The lowest BCUT2D eigenvalue weighted by molar-refractivity contribution is 1.02. The summed E-state index contributed by atoms with van der Waals surface area (Å²) in [5.74, 6) is 0. The van der Waals surface area contributed by atoms with Gasteiger partial charge in [0.25, 0.3) is 0 Å². The molecule has 0 aliphatic heterocycles. The van der Waals surface area contributed by atoms with E-state index in [2.05, 4.69) is 21.5 Å². The first-order valence-corrected chi connectivity index (χ1v) is 5.26. The summed E-state index contributed by atoms with van der Waals surface area (Å²) in [6.07, 6.45) is 2.01. The summed E-state index contributed by atoms with van der Waals surface area (Å²) in [4.78, 5) is 5.44. The van der Waals surface area contributed by atoms with Gasteiger partial charge < -0.3 is 5.73 Å². The zero-order valence-electron chi connectivity index (χ0n) is 8.29. The fraction of sp³-hybridized carbons (Fsp3) is 0.100. The largest absolute Gasteiger partial charge is 0.325 e. The molecule has 0 amide bonds. The first-order chi connectivity index (χ1) is 6.88. The van der Waals surface area contributed by atoms with E-state index in [0.717, 1.165) is 10.7 Å². The summed E-state index contributed by atoms with van der Waals surface area (Å²) in [6, 6.07) is 8.29. The Labute approximate surface area is 118 Å². The minimum absolute atomic E-state index is 0. The molecule has 6 heteroatoms. The van der Waals surface area contributed by atoms with Crippen LogP contribution in [0.1, 0.15) is 5.69 Å². The number of imidazole rings is 1. The van der Waals surface area contributed by atoms with E-state index in [-0.39, 0.29) is 34.0 Å².